The fourth-order valence-corrected chi connectivity index (χ4v) is 2.06. The quantitative estimate of drug-likeness (QED) is 0.659. The zero-order valence-corrected chi connectivity index (χ0v) is 12.8. The summed E-state index contributed by atoms with van der Waals surface area (Å²) in [6.07, 6.45) is 2.88. The zero-order chi connectivity index (χ0) is 17.0. The molecule has 23 heavy (non-hydrogen) atoms. The fraction of sp³-hybridized carbons (Fsp3) is 0.267. The van der Waals surface area contributed by atoms with Crippen LogP contribution in [0.1, 0.15) is 21.5 Å². The molecular formula is C15H16N4O4. The summed E-state index contributed by atoms with van der Waals surface area (Å²) in [5.41, 5.74) is 0.950. The topological polar surface area (TPSA) is 107 Å². The van der Waals surface area contributed by atoms with E-state index >= 15 is 0 Å². The largest absolute Gasteiger partial charge is 0.350 e. The average molecular weight is 316 g/mol. The summed E-state index contributed by atoms with van der Waals surface area (Å²) in [5.74, 6) is -0.429. The predicted molar refractivity (Wildman–Crippen MR) is 83.4 cm³/mol. The van der Waals surface area contributed by atoms with E-state index in [2.05, 4.69) is 10.3 Å². The Morgan fingerprint density at radius 3 is 2.78 bits per heavy atom. The molecule has 0 bridgehead atoms. The minimum Gasteiger partial charge on any atom is -0.350 e. The van der Waals surface area contributed by atoms with Gasteiger partial charge in [0.15, 0.2) is 0 Å². The second-order valence-corrected chi connectivity index (χ2v) is 5.09. The first kappa shape index (κ1) is 16.3. The Morgan fingerprint density at radius 1 is 1.35 bits per heavy atom. The monoisotopic (exact) mass is 316 g/mol. The SMILES string of the molecule is Cc1ccc(C(=O)NCCn2cncc(C)c2=O)cc1[N+](=O)[O-]. The number of carbonyl (C=O) groups is 1. The number of nitrogens with one attached hydrogen (secondary N) is 1. The molecule has 0 aliphatic heterocycles. The molecule has 2 rings (SSSR count). The molecule has 1 N–H and O–H groups in total. The first-order valence-corrected chi connectivity index (χ1v) is 6.94. The second kappa shape index (κ2) is 6.82. The lowest BCUT2D eigenvalue weighted by atomic mass is 10.1. The van der Waals surface area contributed by atoms with Gasteiger partial charge in [-0.2, -0.15) is 0 Å². The number of aryl methyl sites for hydroxylation is 2. The Morgan fingerprint density at radius 2 is 2.09 bits per heavy atom. The molecule has 0 fully saturated rings. The molecule has 1 heterocycles. The van der Waals surface area contributed by atoms with Crippen LogP contribution in [-0.4, -0.2) is 26.9 Å². The van der Waals surface area contributed by atoms with Gasteiger partial charge in [0, 0.05) is 42.0 Å². The number of nitro benzene ring substituents is 1. The van der Waals surface area contributed by atoms with Crippen LogP contribution in [0, 0.1) is 24.0 Å². The molecule has 0 aliphatic rings. The Labute approximate surface area is 131 Å². The number of nitrogens with zero attached hydrogens (tertiary/aromatic N) is 3. The summed E-state index contributed by atoms with van der Waals surface area (Å²) in [5, 5.41) is 13.5. The van der Waals surface area contributed by atoms with Crippen molar-refractivity contribution >= 4 is 11.6 Å². The van der Waals surface area contributed by atoms with Crippen LogP contribution in [0.3, 0.4) is 0 Å². The normalized spacial score (nSPS) is 10.3. The predicted octanol–water partition coefficient (Wildman–Crippen LogP) is 1.20. The van der Waals surface area contributed by atoms with E-state index < -0.39 is 10.8 Å². The lowest BCUT2D eigenvalue weighted by molar-refractivity contribution is -0.385. The fourth-order valence-electron chi connectivity index (χ4n) is 2.06. The summed E-state index contributed by atoms with van der Waals surface area (Å²) < 4.78 is 1.40. The first-order valence-electron chi connectivity index (χ1n) is 6.94. The van der Waals surface area contributed by atoms with E-state index in [9.17, 15) is 19.7 Å². The Balaban J connectivity index is 2.03. The summed E-state index contributed by atoms with van der Waals surface area (Å²) in [6.45, 7) is 3.76. The lowest BCUT2D eigenvalue weighted by Gasteiger charge is -2.08. The van der Waals surface area contributed by atoms with Crippen molar-refractivity contribution in [3.63, 3.8) is 0 Å². The van der Waals surface area contributed by atoms with E-state index in [4.69, 9.17) is 0 Å². The van der Waals surface area contributed by atoms with Crippen LogP contribution in [0.5, 0.6) is 0 Å². The van der Waals surface area contributed by atoms with Gasteiger partial charge in [0.1, 0.15) is 0 Å². The third-order valence-corrected chi connectivity index (χ3v) is 3.38. The van der Waals surface area contributed by atoms with Crippen LogP contribution >= 0.6 is 0 Å². The van der Waals surface area contributed by atoms with Crippen molar-refractivity contribution in [1.82, 2.24) is 14.9 Å². The molecular weight excluding hydrogens is 300 g/mol. The molecule has 8 nitrogen and oxygen atoms in total. The van der Waals surface area contributed by atoms with Crippen molar-refractivity contribution in [2.45, 2.75) is 20.4 Å². The second-order valence-electron chi connectivity index (χ2n) is 5.09. The maximum absolute atomic E-state index is 12.0. The highest BCUT2D eigenvalue weighted by atomic mass is 16.6. The maximum atomic E-state index is 12.0. The number of nitro groups is 1. The van der Waals surface area contributed by atoms with Gasteiger partial charge in [0.05, 0.1) is 11.3 Å². The van der Waals surface area contributed by atoms with Crippen LogP contribution in [-0.2, 0) is 6.54 Å². The zero-order valence-electron chi connectivity index (χ0n) is 12.8. The van der Waals surface area contributed by atoms with E-state index in [1.807, 2.05) is 0 Å². The molecule has 8 heteroatoms. The number of aromatic nitrogens is 2. The van der Waals surface area contributed by atoms with E-state index in [-0.39, 0.29) is 29.9 Å². The summed E-state index contributed by atoms with van der Waals surface area (Å²) >= 11 is 0. The van der Waals surface area contributed by atoms with Crippen molar-refractivity contribution in [2.24, 2.45) is 0 Å². The van der Waals surface area contributed by atoms with Gasteiger partial charge in [0.25, 0.3) is 17.2 Å². The average Bonchev–Trinajstić information content (AvgIpc) is 2.51. The van der Waals surface area contributed by atoms with Crippen molar-refractivity contribution < 1.29 is 9.72 Å². The third kappa shape index (κ3) is 3.79. The summed E-state index contributed by atoms with van der Waals surface area (Å²) in [7, 11) is 0. The number of carbonyl (C=O) groups excluding carboxylic acids is 1. The van der Waals surface area contributed by atoms with Crippen molar-refractivity contribution in [3.8, 4) is 0 Å². The number of hydrogen-bond acceptors (Lipinski definition) is 5. The standard InChI is InChI=1S/C15H16N4O4/c1-10-3-4-12(7-13(10)19(22)23)14(20)17-5-6-18-9-16-8-11(2)15(18)21/h3-4,7-9H,5-6H2,1-2H3,(H,17,20). The Kier molecular flexibility index (Phi) is 4.85. The van der Waals surface area contributed by atoms with Crippen LogP contribution < -0.4 is 10.9 Å². The summed E-state index contributed by atoms with van der Waals surface area (Å²) in [4.78, 5) is 38.1. The first-order chi connectivity index (χ1) is 10.9. The summed E-state index contributed by atoms with van der Waals surface area (Å²) in [6, 6.07) is 4.30. The highest BCUT2D eigenvalue weighted by molar-refractivity contribution is 5.94. The molecule has 1 amide bonds. The maximum Gasteiger partial charge on any atom is 0.273 e. The van der Waals surface area contributed by atoms with Crippen LogP contribution in [0.4, 0.5) is 5.69 Å². The van der Waals surface area contributed by atoms with Gasteiger partial charge in [-0.05, 0) is 19.9 Å². The minimum absolute atomic E-state index is 0.100. The van der Waals surface area contributed by atoms with Gasteiger partial charge in [-0.25, -0.2) is 4.98 Å². The van der Waals surface area contributed by atoms with Crippen LogP contribution in [0.25, 0.3) is 0 Å². The van der Waals surface area contributed by atoms with Gasteiger partial charge < -0.3 is 5.32 Å². The Hall–Kier alpha value is -3.03. The molecule has 0 unspecified atom stereocenters. The highest BCUT2D eigenvalue weighted by Crippen LogP contribution is 2.19. The molecule has 0 spiro atoms. The Bertz CT molecular complexity index is 813. The number of benzene rings is 1. The van der Waals surface area contributed by atoms with Gasteiger partial charge >= 0.3 is 0 Å². The van der Waals surface area contributed by atoms with Crippen LogP contribution in [0.15, 0.2) is 35.5 Å². The lowest BCUT2D eigenvalue weighted by Crippen LogP contribution is -2.31. The number of rotatable bonds is 5. The molecule has 0 aliphatic carbocycles. The van der Waals surface area contributed by atoms with Gasteiger partial charge in [0.2, 0.25) is 0 Å². The molecule has 0 saturated heterocycles. The molecule has 0 radical (unpaired) electrons. The molecule has 1 aromatic heterocycles. The minimum atomic E-state index is -0.524. The molecule has 2 aromatic rings. The van der Waals surface area contributed by atoms with Crippen LogP contribution in [0.2, 0.25) is 0 Å². The van der Waals surface area contributed by atoms with Crippen molar-refractivity contribution in [1.29, 1.82) is 0 Å². The van der Waals surface area contributed by atoms with Gasteiger partial charge in [-0.1, -0.05) is 6.07 Å². The van der Waals surface area contributed by atoms with Crippen molar-refractivity contribution in [2.75, 3.05) is 6.54 Å². The van der Waals surface area contributed by atoms with Gasteiger partial charge in [-0.3, -0.25) is 24.3 Å². The smallest absolute Gasteiger partial charge is 0.273 e. The van der Waals surface area contributed by atoms with E-state index in [1.54, 1.807) is 13.8 Å². The third-order valence-electron chi connectivity index (χ3n) is 3.38. The number of amides is 1. The molecule has 0 saturated carbocycles. The number of hydrogen-bond donors (Lipinski definition) is 1. The van der Waals surface area contributed by atoms with E-state index in [0.29, 0.717) is 11.1 Å². The molecule has 1 aromatic carbocycles. The van der Waals surface area contributed by atoms with E-state index in [0.717, 1.165) is 0 Å². The molecule has 0 atom stereocenters. The van der Waals surface area contributed by atoms with Crippen molar-refractivity contribution in [3.05, 3.63) is 67.9 Å². The van der Waals surface area contributed by atoms with E-state index in [1.165, 1.54) is 35.3 Å². The highest BCUT2D eigenvalue weighted by Gasteiger charge is 2.14. The molecule has 120 valence electrons. The van der Waals surface area contributed by atoms with Gasteiger partial charge in [-0.15, -0.1) is 0 Å².